The largest absolute Gasteiger partial charge is 0.309 e. The number of rotatable bonds is 8. The lowest BCUT2D eigenvalue weighted by Gasteiger charge is -2.20. The van der Waals surface area contributed by atoms with E-state index in [4.69, 9.17) is 0 Å². The summed E-state index contributed by atoms with van der Waals surface area (Å²) >= 11 is 3.70. The minimum atomic E-state index is 0.670. The van der Waals surface area contributed by atoms with Crippen molar-refractivity contribution in [2.24, 2.45) is 5.92 Å². The van der Waals surface area contributed by atoms with Gasteiger partial charge in [0.05, 0.1) is 0 Å². The first-order valence-corrected chi connectivity index (χ1v) is 9.33. The third kappa shape index (κ3) is 6.12. The van der Waals surface area contributed by atoms with Crippen LogP contribution < -0.4 is 0 Å². The Morgan fingerprint density at radius 1 is 0.957 bits per heavy atom. The summed E-state index contributed by atoms with van der Waals surface area (Å²) in [6.07, 6.45) is 4.62. The lowest BCUT2D eigenvalue weighted by molar-refractivity contribution is 0.346. The second kappa shape index (κ2) is 9.24. The maximum atomic E-state index is 3.70. The summed E-state index contributed by atoms with van der Waals surface area (Å²) in [5.41, 5.74) is 4.33. The van der Waals surface area contributed by atoms with E-state index >= 15 is 0 Å². The van der Waals surface area contributed by atoms with Crippen molar-refractivity contribution in [3.05, 3.63) is 69.7 Å². The van der Waals surface area contributed by atoms with Crippen molar-refractivity contribution in [2.45, 2.75) is 32.6 Å². The number of hydrogen-bond donors (Lipinski definition) is 0. The quantitative estimate of drug-likeness (QED) is 0.601. The van der Waals surface area contributed by atoms with Gasteiger partial charge < -0.3 is 4.90 Å². The summed E-state index contributed by atoms with van der Waals surface area (Å²) < 4.78 is 1.23. The highest BCUT2D eigenvalue weighted by molar-refractivity contribution is 9.10. The molecule has 2 aromatic carbocycles. The molecule has 0 fully saturated rings. The average Bonchev–Trinajstić information content (AvgIpc) is 2.55. The number of nitrogens with zero attached hydrogens (tertiary/aromatic N) is 1. The average molecular weight is 374 g/mol. The van der Waals surface area contributed by atoms with Crippen LogP contribution in [0.2, 0.25) is 0 Å². The number of aryl methyl sites for hydroxylation is 1. The van der Waals surface area contributed by atoms with Gasteiger partial charge in [-0.3, -0.25) is 0 Å². The zero-order valence-electron chi connectivity index (χ0n) is 14.6. The molecule has 0 heterocycles. The van der Waals surface area contributed by atoms with E-state index in [0.717, 1.165) is 25.8 Å². The van der Waals surface area contributed by atoms with E-state index in [2.05, 4.69) is 90.4 Å². The molecule has 0 saturated carbocycles. The van der Waals surface area contributed by atoms with Crippen molar-refractivity contribution in [2.75, 3.05) is 20.6 Å². The molecule has 23 heavy (non-hydrogen) atoms. The molecule has 0 N–H and O–H groups in total. The van der Waals surface area contributed by atoms with Crippen LogP contribution >= 0.6 is 15.9 Å². The van der Waals surface area contributed by atoms with Crippen LogP contribution in [0.5, 0.6) is 0 Å². The summed E-state index contributed by atoms with van der Waals surface area (Å²) in [5.74, 6) is 0.670. The third-order valence-corrected chi connectivity index (χ3v) is 5.15. The highest BCUT2D eigenvalue weighted by atomic mass is 79.9. The van der Waals surface area contributed by atoms with E-state index in [0.29, 0.717) is 5.92 Å². The minimum Gasteiger partial charge on any atom is -0.309 e. The Balaban J connectivity index is 2.11. The van der Waals surface area contributed by atoms with Gasteiger partial charge >= 0.3 is 0 Å². The van der Waals surface area contributed by atoms with Gasteiger partial charge in [-0.15, -0.1) is 0 Å². The Morgan fingerprint density at radius 2 is 1.70 bits per heavy atom. The molecule has 1 atom stereocenters. The van der Waals surface area contributed by atoms with Gasteiger partial charge in [0.25, 0.3) is 0 Å². The summed E-state index contributed by atoms with van der Waals surface area (Å²) in [6, 6.07) is 17.7. The maximum absolute atomic E-state index is 3.70. The first kappa shape index (κ1) is 18.2. The topological polar surface area (TPSA) is 3.24 Å². The molecule has 124 valence electrons. The molecule has 2 heteroatoms. The zero-order chi connectivity index (χ0) is 16.7. The van der Waals surface area contributed by atoms with Crippen molar-refractivity contribution in [3.63, 3.8) is 0 Å². The van der Waals surface area contributed by atoms with E-state index in [-0.39, 0.29) is 0 Å². The highest BCUT2D eigenvalue weighted by Gasteiger charge is 2.13. The first-order chi connectivity index (χ1) is 11.1. The van der Waals surface area contributed by atoms with Crippen molar-refractivity contribution >= 4 is 15.9 Å². The molecule has 2 rings (SSSR count). The minimum absolute atomic E-state index is 0.670. The first-order valence-electron chi connectivity index (χ1n) is 8.54. The standard InChI is InChI=1S/C21H28BrN/c1-4-17-8-7-9-18(14-17)15-19(12-13-23(2)3)16-20-10-5-6-11-21(20)22/h5-11,14,19H,4,12-13,15-16H2,1-3H3. The summed E-state index contributed by atoms with van der Waals surface area (Å²) in [5, 5.41) is 0. The normalized spacial score (nSPS) is 12.6. The Bertz CT molecular complexity index is 606. The Hall–Kier alpha value is -1.12. The molecule has 0 aliphatic carbocycles. The molecule has 1 unspecified atom stereocenters. The van der Waals surface area contributed by atoms with E-state index in [1.165, 1.54) is 27.6 Å². The van der Waals surface area contributed by atoms with Gasteiger partial charge in [-0.25, -0.2) is 0 Å². The molecule has 0 amide bonds. The maximum Gasteiger partial charge on any atom is 0.0207 e. The SMILES string of the molecule is CCc1cccc(CC(CCN(C)C)Cc2ccccc2Br)c1. The lowest BCUT2D eigenvalue weighted by atomic mass is 9.89. The van der Waals surface area contributed by atoms with E-state index in [1.807, 2.05) is 0 Å². The molecule has 0 aliphatic rings. The molecule has 0 aromatic heterocycles. The fourth-order valence-electron chi connectivity index (χ4n) is 3.00. The summed E-state index contributed by atoms with van der Waals surface area (Å²) in [6.45, 7) is 3.37. The number of halogens is 1. The van der Waals surface area contributed by atoms with Crippen LogP contribution in [0.15, 0.2) is 53.0 Å². The van der Waals surface area contributed by atoms with Crippen LogP contribution in [0.1, 0.15) is 30.0 Å². The predicted molar refractivity (Wildman–Crippen MR) is 104 cm³/mol. The third-order valence-electron chi connectivity index (χ3n) is 4.38. The molecule has 0 saturated heterocycles. The molecular weight excluding hydrogens is 346 g/mol. The molecule has 0 bridgehead atoms. The second-order valence-corrected chi connectivity index (χ2v) is 7.49. The highest BCUT2D eigenvalue weighted by Crippen LogP contribution is 2.24. The molecule has 0 aliphatic heterocycles. The number of hydrogen-bond acceptors (Lipinski definition) is 1. The summed E-state index contributed by atoms with van der Waals surface area (Å²) in [7, 11) is 4.32. The fourth-order valence-corrected chi connectivity index (χ4v) is 3.45. The summed E-state index contributed by atoms with van der Waals surface area (Å²) in [4.78, 5) is 2.29. The van der Waals surface area contributed by atoms with Gasteiger partial charge in [0, 0.05) is 4.47 Å². The van der Waals surface area contributed by atoms with Gasteiger partial charge in [0.1, 0.15) is 0 Å². The van der Waals surface area contributed by atoms with Crippen molar-refractivity contribution < 1.29 is 0 Å². The van der Waals surface area contributed by atoms with Crippen molar-refractivity contribution in [1.82, 2.24) is 4.90 Å². The Labute approximate surface area is 149 Å². The molecular formula is C21H28BrN. The van der Waals surface area contributed by atoms with Crippen LogP contribution in [0, 0.1) is 5.92 Å². The smallest absolute Gasteiger partial charge is 0.0207 e. The lowest BCUT2D eigenvalue weighted by Crippen LogP contribution is -2.19. The molecule has 2 aromatic rings. The van der Waals surface area contributed by atoms with Gasteiger partial charge in [-0.2, -0.15) is 0 Å². The van der Waals surface area contributed by atoms with E-state index < -0.39 is 0 Å². The van der Waals surface area contributed by atoms with Gasteiger partial charge in [-0.1, -0.05) is 65.3 Å². The van der Waals surface area contributed by atoms with Crippen molar-refractivity contribution in [3.8, 4) is 0 Å². The van der Waals surface area contributed by atoms with Crippen molar-refractivity contribution in [1.29, 1.82) is 0 Å². The number of benzene rings is 2. The van der Waals surface area contributed by atoms with Crippen LogP contribution in [0.25, 0.3) is 0 Å². The van der Waals surface area contributed by atoms with Gasteiger partial charge in [0.15, 0.2) is 0 Å². The van der Waals surface area contributed by atoms with Crippen LogP contribution in [-0.2, 0) is 19.3 Å². The molecule has 1 nitrogen and oxygen atoms in total. The zero-order valence-corrected chi connectivity index (χ0v) is 16.1. The molecule has 0 radical (unpaired) electrons. The van der Waals surface area contributed by atoms with Crippen LogP contribution in [0.3, 0.4) is 0 Å². The monoisotopic (exact) mass is 373 g/mol. The molecule has 0 spiro atoms. The Morgan fingerprint density at radius 3 is 2.39 bits per heavy atom. The second-order valence-electron chi connectivity index (χ2n) is 6.63. The van der Waals surface area contributed by atoms with Gasteiger partial charge in [0.2, 0.25) is 0 Å². The van der Waals surface area contributed by atoms with Crippen LogP contribution in [0.4, 0.5) is 0 Å². The van der Waals surface area contributed by atoms with E-state index in [9.17, 15) is 0 Å². The van der Waals surface area contributed by atoms with Gasteiger partial charge in [-0.05, 0) is 75.0 Å². The van der Waals surface area contributed by atoms with E-state index in [1.54, 1.807) is 0 Å². The predicted octanol–water partition coefficient (Wildman–Crippen LogP) is 5.36. The Kier molecular flexibility index (Phi) is 7.32. The fraction of sp³-hybridized carbons (Fsp3) is 0.429. The van der Waals surface area contributed by atoms with Crippen LogP contribution in [-0.4, -0.2) is 25.5 Å².